The molecule has 0 saturated carbocycles. The van der Waals surface area contributed by atoms with Crippen LogP contribution >= 0.6 is 24.0 Å². The van der Waals surface area contributed by atoms with Crippen molar-refractivity contribution in [2.24, 2.45) is 0 Å². The van der Waals surface area contributed by atoms with E-state index in [1.54, 1.807) is 19.0 Å². The van der Waals surface area contributed by atoms with Gasteiger partial charge >= 0.3 is 0 Å². The predicted octanol–water partition coefficient (Wildman–Crippen LogP) is 4.32. The molecule has 0 aliphatic carbocycles. The molecule has 0 atom stereocenters. The number of thioether (sulfide) groups is 1. The van der Waals surface area contributed by atoms with Crippen LogP contribution in [-0.2, 0) is 4.79 Å². The van der Waals surface area contributed by atoms with E-state index in [0.717, 1.165) is 15.7 Å². The van der Waals surface area contributed by atoms with Gasteiger partial charge in [-0.3, -0.25) is 9.69 Å². The fourth-order valence-electron chi connectivity index (χ4n) is 2.03. The standard InChI is InChI=1S/C18H20N2OS2/c1-19(2)17(21)13-14-23-18(22)20(15-9-5-3-6-10-15)16-11-7-4-8-12-16/h3-12H,13-14H2,1-2H3. The Labute approximate surface area is 147 Å². The maximum absolute atomic E-state index is 11.7. The number of amides is 1. The summed E-state index contributed by atoms with van der Waals surface area (Å²) in [5.41, 5.74) is 2.05. The minimum atomic E-state index is 0.117. The van der Waals surface area contributed by atoms with E-state index in [1.807, 2.05) is 65.6 Å². The van der Waals surface area contributed by atoms with Gasteiger partial charge in [0.1, 0.15) is 4.32 Å². The first-order chi connectivity index (χ1) is 11.1. The fourth-order valence-corrected chi connectivity index (χ4v) is 3.28. The van der Waals surface area contributed by atoms with E-state index < -0.39 is 0 Å². The largest absolute Gasteiger partial charge is 0.349 e. The lowest BCUT2D eigenvalue weighted by Gasteiger charge is -2.25. The van der Waals surface area contributed by atoms with E-state index in [9.17, 15) is 4.79 Å². The van der Waals surface area contributed by atoms with Crippen LogP contribution in [0, 0.1) is 0 Å². The van der Waals surface area contributed by atoms with Crippen molar-refractivity contribution >= 4 is 45.6 Å². The molecule has 2 aromatic rings. The Kier molecular flexibility index (Phi) is 6.62. The number of hydrogen-bond acceptors (Lipinski definition) is 3. The number of anilines is 2. The maximum Gasteiger partial charge on any atom is 0.222 e. The number of thiocarbonyl (C=S) groups is 1. The van der Waals surface area contributed by atoms with Crippen LogP contribution in [0.2, 0.25) is 0 Å². The molecular weight excluding hydrogens is 324 g/mol. The highest BCUT2D eigenvalue weighted by Crippen LogP contribution is 2.29. The summed E-state index contributed by atoms with van der Waals surface area (Å²) in [5.74, 6) is 0.790. The molecule has 23 heavy (non-hydrogen) atoms. The number of carbonyl (C=O) groups is 1. The fraction of sp³-hybridized carbons (Fsp3) is 0.222. The van der Waals surface area contributed by atoms with Gasteiger partial charge in [-0.2, -0.15) is 0 Å². The van der Waals surface area contributed by atoms with Gasteiger partial charge in [0.25, 0.3) is 0 Å². The minimum absolute atomic E-state index is 0.117. The van der Waals surface area contributed by atoms with Crippen molar-refractivity contribution in [2.45, 2.75) is 6.42 Å². The normalized spacial score (nSPS) is 10.2. The minimum Gasteiger partial charge on any atom is -0.349 e. The molecule has 0 fully saturated rings. The summed E-state index contributed by atoms with van der Waals surface area (Å²) < 4.78 is 0.744. The summed E-state index contributed by atoms with van der Waals surface area (Å²) in [6, 6.07) is 20.1. The summed E-state index contributed by atoms with van der Waals surface area (Å²) in [6.07, 6.45) is 0.481. The molecular formula is C18H20N2OS2. The van der Waals surface area contributed by atoms with Crippen molar-refractivity contribution < 1.29 is 4.79 Å². The van der Waals surface area contributed by atoms with E-state index in [4.69, 9.17) is 12.2 Å². The molecule has 0 aliphatic rings. The van der Waals surface area contributed by atoms with Gasteiger partial charge in [0.05, 0.1) is 0 Å². The summed E-state index contributed by atoms with van der Waals surface area (Å²) in [7, 11) is 3.54. The molecule has 0 bridgehead atoms. The zero-order chi connectivity index (χ0) is 16.7. The second-order valence-electron chi connectivity index (χ2n) is 5.16. The number of para-hydroxylation sites is 2. The smallest absolute Gasteiger partial charge is 0.222 e. The molecule has 120 valence electrons. The maximum atomic E-state index is 11.7. The molecule has 0 aliphatic heterocycles. The Morgan fingerprint density at radius 2 is 1.43 bits per heavy atom. The molecule has 2 aromatic carbocycles. The zero-order valence-corrected chi connectivity index (χ0v) is 14.9. The van der Waals surface area contributed by atoms with E-state index in [1.165, 1.54) is 11.8 Å². The topological polar surface area (TPSA) is 23.6 Å². The second kappa shape index (κ2) is 8.70. The molecule has 1 amide bonds. The molecule has 5 heteroatoms. The van der Waals surface area contributed by atoms with Gasteiger partial charge in [0.15, 0.2) is 0 Å². The highest BCUT2D eigenvalue weighted by Gasteiger charge is 2.15. The molecule has 0 spiro atoms. The van der Waals surface area contributed by atoms with Crippen molar-refractivity contribution in [1.29, 1.82) is 0 Å². The van der Waals surface area contributed by atoms with E-state index in [0.29, 0.717) is 12.2 Å². The van der Waals surface area contributed by atoms with Gasteiger partial charge < -0.3 is 4.90 Å². The summed E-state index contributed by atoms with van der Waals surface area (Å²) in [6.45, 7) is 0. The Balaban J connectivity index is 2.12. The number of rotatable bonds is 5. The molecule has 0 N–H and O–H groups in total. The monoisotopic (exact) mass is 344 g/mol. The van der Waals surface area contributed by atoms with Crippen LogP contribution in [0.3, 0.4) is 0 Å². The van der Waals surface area contributed by atoms with Gasteiger partial charge in [-0.25, -0.2) is 0 Å². The lowest BCUT2D eigenvalue weighted by Crippen LogP contribution is -2.24. The third-order valence-electron chi connectivity index (χ3n) is 3.25. The van der Waals surface area contributed by atoms with Crippen LogP contribution < -0.4 is 4.90 Å². The molecule has 3 nitrogen and oxygen atoms in total. The third kappa shape index (κ3) is 5.08. The Bertz CT molecular complexity index is 605. The van der Waals surface area contributed by atoms with Crippen LogP contribution in [0.25, 0.3) is 0 Å². The first-order valence-electron chi connectivity index (χ1n) is 7.36. The second-order valence-corrected chi connectivity index (χ2v) is 6.89. The Morgan fingerprint density at radius 3 is 1.87 bits per heavy atom. The van der Waals surface area contributed by atoms with E-state index in [-0.39, 0.29) is 5.91 Å². The molecule has 0 radical (unpaired) electrons. The van der Waals surface area contributed by atoms with E-state index in [2.05, 4.69) is 0 Å². The number of hydrogen-bond donors (Lipinski definition) is 0. The first-order valence-corrected chi connectivity index (χ1v) is 8.76. The highest BCUT2D eigenvalue weighted by atomic mass is 32.2. The van der Waals surface area contributed by atoms with Crippen molar-refractivity contribution in [1.82, 2.24) is 4.90 Å². The zero-order valence-electron chi connectivity index (χ0n) is 13.3. The van der Waals surface area contributed by atoms with Crippen LogP contribution in [0.1, 0.15) is 6.42 Å². The SMILES string of the molecule is CN(C)C(=O)CCSC(=S)N(c1ccccc1)c1ccccc1. The summed E-state index contributed by atoms with van der Waals surface area (Å²) in [4.78, 5) is 15.3. The molecule has 2 rings (SSSR count). The van der Waals surface area contributed by atoms with Gasteiger partial charge in [0, 0.05) is 37.6 Å². The lowest BCUT2D eigenvalue weighted by molar-refractivity contribution is -0.128. The molecule has 0 saturated heterocycles. The van der Waals surface area contributed by atoms with Crippen LogP contribution in [0.5, 0.6) is 0 Å². The lowest BCUT2D eigenvalue weighted by atomic mass is 10.2. The number of carbonyl (C=O) groups excluding carboxylic acids is 1. The van der Waals surface area contributed by atoms with Gasteiger partial charge in [-0.15, -0.1) is 0 Å². The number of nitrogens with zero attached hydrogens (tertiary/aromatic N) is 2. The molecule has 0 aromatic heterocycles. The van der Waals surface area contributed by atoms with Gasteiger partial charge in [0.2, 0.25) is 5.91 Å². The van der Waals surface area contributed by atoms with Crippen LogP contribution in [0.15, 0.2) is 60.7 Å². The van der Waals surface area contributed by atoms with Crippen molar-refractivity contribution in [3.8, 4) is 0 Å². The highest BCUT2D eigenvalue weighted by molar-refractivity contribution is 8.23. The van der Waals surface area contributed by atoms with Gasteiger partial charge in [-0.1, -0.05) is 60.4 Å². The quantitative estimate of drug-likeness (QED) is 0.754. The van der Waals surface area contributed by atoms with Crippen molar-refractivity contribution in [3.63, 3.8) is 0 Å². The third-order valence-corrected chi connectivity index (χ3v) is 4.63. The molecule has 0 unspecified atom stereocenters. The Morgan fingerprint density at radius 1 is 0.957 bits per heavy atom. The molecule has 0 heterocycles. The average molecular weight is 345 g/mol. The Hall–Kier alpha value is -1.85. The predicted molar refractivity (Wildman–Crippen MR) is 103 cm³/mol. The summed E-state index contributed by atoms with van der Waals surface area (Å²) in [5, 5.41) is 0. The van der Waals surface area contributed by atoms with Crippen LogP contribution in [0.4, 0.5) is 11.4 Å². The first kappa shape index (κ1) is 17.5. The van der Waals surface area contributed by atoms with Crippen molar-refractivity contribution in [3.05, 3.63) is 60.7 Å². The summed E-state index contributed by atoms with van der Waals surface area (Å²) >= 11 is 7.15. The van der Waals surface area contributed by atoms with Crippen LogP contribution in [-0.4, -0.2) is 35.0 Å². The van der Waals surface area contributed by atoms with E-state index >= 15 is 0 Å². The number of benzene rings is 2. The van der Waals surface area contributed by atoms with Gasteiger partial charge in [-0.05, 0) is 24.3 Å². The van der Waals surface area contributed by atoms with Crippen molar-refractivity contribution in [2.75, 3.05) is 24.7 Å². The average Bonchev–Trinajstić information content (AvgIpc) is 2.57.